The van der Waals surface area contributed by atoms with Crippen molar-refractivity contribution in [2.45, 2.75) is 12.5 Å². The summed E-state index contributed by atoms with van der Waals surface area (Å²) < 4.78 is 1.87. The molecule has 29 heavy (non-hydrogen) atoms. The first kappa shape index (κ1) is 17.4. The molecule has 144 valence electrons. The molecule has 6 nitrogen and oxygen atoms in total. The Labute approximate surface area is 168 Å². The number of nitrogens with zero attached hydrogens (tertiary/aromatic N) is 4. The molecule has 2 aromatic heterocycles. The van der Waals surface area contributed by atoms with E-state index in [9.17, 15) is 4.79 Å². The van der Waals surface area contributed by atoms with Gasteiger partial charge in [0.2, 0.25) is 5.95 Å². The van der Waals surface area contributed by atoms with Crippen LogP contribution in [0.3, 0.4) is 0 Å². The summed E-state index contributed by atoms with van der Waals surface area (Å²) >= 11 is 0. The Hall–Kier alpha value is -3.67. The van der Waals surface area contributed by atoms with Crippen molar-refractivity contribution in [3.63, 3.8) is 0 Å². The Morgan fingerprint density at radius 2 is 1.72 bits per heavy atom. The first-order valence-electron chi connectivity index (χ1n) is 9.78. The molecule has 4 aromatic rings. The molecule has 0 saturated carbocycles. The molecule has 1 saturated heterocycles. The molecular formula is C23H21N5O. The third-order valence-corrected chi connectivity index (χ3v) is 5.37. The second-order valence-corrected chi connectivity index (χ2v) is 7.22. The zero-order valence-corrected chi connectivity index (χ0v) is 15.9. The lowest BCUT2D eigenvalue weighted by Gasteiger charge is -2.18. The highest BCUT2D eigenvalue weighted by Gasteiger charge is 2.26. The molecule has 3 heterocycles. The van der Waals surface area contributed by atoms with E-state index in [1.807, 2.05) is 53.2 Å². The van der Waals surface area contributed by atoms with E-state index in [1.54, 1.807) is 18.5 Å². The standard InChI is InChI=1S/C23H21N5O/c29-22(26-17-11-14-27(15-17)18-7-2-1-3-8-18)20-16-28(23-24-12-6-13-25-23)21-10-5-4-9-19(20)21/h1-10,12-13,16-17H,11,14-15H2,(H,26,29). The molecule has 1 N–H and O–H groups in total. The number of para-hydroxylation sites is 2. The molecule has 1 unspecified atom stereocenters. The lowest BCUT2D eigenvalue weighted by atomic mass is 10.1. The molecule has 0 radical (unpaired) electrons. The van der Waals surface area contributed by atoms with Crippen molar-refractivity contribution >= 4 is 22.5 Å². The zero-order chi connectivity index (χ0) is 19.6. The van der Waals surface area contributed by atoms with E-state index in [1.165, 1.54) is 5.69 Å². The first-order chi connectivity index (χ1) is 14.3. The van der Waals surface area contributed by atoms with Gasteiger partial charge in [-0.05, 0) is 30.7 Å². The maximum absolute atomic E-state index is 13.1. The van der Waals surface area contributed by atoms with Crippen molar-refractivity contribution in [3.05, 3.63) is 84.8 Å². The van der Waals surface area contributed by atoms with Gasteiger partial charge in [0.05, 0.1) is 11.1 Å². The summed E-state index contributed by atoms with van der Waals surface area (Å²) in [7, 11) is 0. The summed E-state index contributed by atoms with van der Waals surface area (Å²) in [6.45, 7) is 1.75. The monoisotopic (exact) mass is 383 g/mol. The topological polar surface area (TPSA) is 63.1 Å². The third kappa shape index (κ3) is 3.33. The van der Waals surface area contributed by atoms with E-state index in [-0.39, 0.29) is 11.9 Å². The fraction of sp³-hybridized carbons (Fsp3) is 0.174. The largest absolute Gasteiger partial charge is 0.369 e. The molecule has 0 bridgehead atoms. The van der Waals surface area contributed by atoms with Crippen LogP contribution in [0.15, 0.2) is 79.3 Å². The smallest absolute Gasteiger partial charge is 0.253 e. The van der Waals surface area contributed by atoms with Gasteiger partial charge in [0.25, 0.3) is 5.91 Å². The summed E-state index contributed by atoms with van der Waals surface area (Å²) in [5.74, 6) is 0.495. The highest BCUT2D eigenvalue weighted by Crippen LogP contribution is 2.24. The summed E-state index contributed by atoms with van der Waals surface area (Å²) in [5, 5.41) is 4.12. The van der Waals surface area contributed by atoms with Gasteiger partial charge in [-0.1, -0.05) is 36.4 Å². The number of nitrogens with one attached hydrogen (secondary N) is 1. The van der Waals surface area contributed by atoms with Crippen LogP contribution in [0.1, 0.15) is 16.8 Å². The van der Waals surface area contributed by atoms with Gasteiger partial charge in [-0.2, -0.15) is 0 Å². The van der Waals surface area contributed by atoms with E-state index in [0.717, 1.165) is 30.4 Å². The van der Waals surface area contributed by atoms with Gasteiger partial charge in [0, 0.05) is 48.8 Å². The maximum Gasteiger partial charge on any atom is 0.253 e. The van der Waals surface area contributed by atoms with Crippen molar-refractivity contribution in [2.24, 2.45) is 0 Å². The Morgan fingerprint density at radius 3 is 2.55 bits per heavy atom. The second-order valence-electron chi connectivity index (χ2n) is 7.22. The van der Waals surface area contributed by atoms with Gasteiger partial charge in [0.15, 0.2) is 0 Å². The molecule has 0 spiro atoms. The zero-order valence-electron chi connectivity index (χ0n) is 15.9. The number of amides is 1. The number of anilines is 1. The van der Waals surface area contributed by atoms with Gasteiger partial charge in [-0.25, -0.2) is 9.97 Å². The van der Waals surface area contributed by atoms with Gasteiger partial charge in [0.1, 0.15) is 0 Å². The second kappa shape index (κ2) is 7.39. The molecule has 2 aromatic carbocycles. The summed E-state index contributed by atoms with van der Waals surface area (Å²) in [5.41, 5.74) is 2.76. The maximum atomic E-state index is 13.1. The number of rotatable bonds is 4. The molecule has 1 amide bonds. The Balaban J connectivity index is 1.39. The first-order valence-corrected chi connectivity index (χ1v) is 9.78. The molecule has 5 rings (SSSR count). The van der Waals surface area contributed by atoms with Crippen molar-refractivity contribution in [2.75, 3.05) is 18.0 Å². The molecule has 1 fully saturated rings. The van der Waals surface area contributed by atoms with E-state index in [4.69, 9.17) is 0 Å². The average molecular weight is 383 g/mol. The van der Waals surface area contributed by atoms with Crippen LogP contribution in [0.25, 0.3) is 16.9 Å². The van der Waals surface area contributed by atoms with E-state index >= 15 is 0 Å². The molecule has 1 aliphatic rings. The molecular weight excluding hydrogens is 362 g/mol. The van der Waals surface area contributed by atoms with Crippen LogP contribution in [0, 0.1) is 0 Å². The number of hydrogen-bond acceptors (Lipinski definition) is 4. The number of carbonyl (C=O) groups excluding carboxylic acids is 1. The van der Waals surface area contributed by atoms with E-state index in [2.05, 4.69) is 32.3 Å². The SMILES string of the molecule is O=C(NC1CCN(c2ccccc2)C1)c1cn(-c2ncccn2)c2ccccc12. The van der Waals surface area contributed by atoms with Crippen LogP contribution in [-0.2, 0) is 0 Å². The summed E-state index contributed by atoms with van der Waals surface area (Å²) in [6.07, 6.45) is 6.17. The minimum atomic E-state index is -0.0595. The third-order valence-electron chi connectivity index (χ3n) is 5.37. The average Bonchev–Trinajstić information content (AvgIpc) is 3.40. The van der Waals surface area contributed by atoms with Crippen molar-refractivity contribution < 1.29 is 4.79 Å². The van der Waals surface area contributed by atoms with Crippen molar-refractivity contribution in [1.29, 1.82) is 0 Å². The van der Waals surface area contributed by atoms with Crippen LogP contribution < -0.4 is 10.2 Å². The van der Waals surface area contributed by atoms with Crippen LogP contribution in [0.5, 0.6) is 0 Å². The minimum absolute atomic E-state index is 0.0595. The van der Waals surface area contributed by atoms with Gasteiger partial charge >= 0.3 is 0 Å². The van der Waals surface area contributed by atoms with Gasteiger partial charge < -0.3 is 10.2 Å². The van der Waals surface area contributed by atoms with Crippen LogP contribution >= 0.6 is 0 Å². The van der Waals surface area contributed by atoms with Gasteiger partial charge in [-0.3, -0.25) is 9.36 Å². The number of fused-ring (bicyclic) bond motifs is 1. The highest BCUT2D eigenvalue weighted by atomic mass is 16.1. The normalized spacial score (nSPS) is 16.3. The minimum Gasteiger partial charge on any atom is -0.369 e. The predicted molar refractivity (Wildman–Crippen MR) is 113 cm³/mol. The number of benzene rings is 2. The van der Waals surface area contributed by atoms with E-state index in [0.29, 0.717) is 11.5 Å². The fourth-order valence-corrected chi connectivity index (χ4v) is 3.96. The van der Waals surface area contributed by atoms with Crippen LogP contribution in [0.4, 0.5) is 5.69 Å². The fourth-order valence-electron chi connectivity index (χ4n) is 3.96. The highest BCUT2D eigenvalue weighted by molar-refractivity contribution is 6.07. The molecule has 0 aliphatic carbocycles. The van der Waals surface area contributed by atoms with Crippen LogP contribution in [-0.4, -0.2) is 39.6 Å². The lowest BCUT2D eigenvalue weighted by Crippen LogP contribution is -2.37. The summed E-state index contributed by atoms with van der Waals surface area (Å²) in [4.78, 5) is 24.1. The quantitative estimate of drug-likeness (QED) is 0.586. The Kier molecular flexibility index (Phi) is 4.44. The lowest BCUT2D eigenvalue weighted by molar-refractivity contribution is 0.0942. The Bertz CT molecular complexity index is 1140. The van der Waals surface area contributed by atoms with Crippen molar-refractivity contribution in [1.82, 2.24) is 19.9 Å². The molecule has 6 heteroatoms. The molecule has 1 aliphatic heterocycles. The van der Waals surface area contributed by atoms with Crippen LogP contribution in [0.2, 0.25) is 0 Å². The molecule has 1 atom stereocenters. The number of hydrogen-bond donors (Lipinski definition) is 1. The number of carbonyl (C=O) groups is 1. The predicted octanol–water partition coefficient (Wildman–Crippen LogP) is 3.43. The van der Waals surface area contributed by atoms with Gasteiger partial charge in [-0.15, -0.1) is 0 Å². The van der Waals surface area contributed by atoms with E-state index < -0.39 is 0 Å². The Morgan fingerprint density at radius 1 is 0.966 bits per heavy atom. The number of aromatic nitrogens is 3. The van der Waals surface area contributed by atoms with Crippen molar-refractivity contribution in [3.8, 4) is 5.95 Å². The summed E-state index contributed by atoms with van der Waals surface area (Å²) in [6, 6.07) is 20.1.